The molecule has 1 atom stereocenters. The van der Waals surface area contributed by atoms with Crippen molar-refractivity contribution in [3.63, 3.8) is 0 Å². The molecule has 0 saturated carbocycles. The molecule has 32 heavy (non-hydrogen) atoms. The zero-order valence-electron chi connectivity index (χ0n) is 18.9. The SMILES string of the molecule is Cc1ccc2cc(NC(=O)C(O)c3cccc(-c4ccc(C(C)(C)C)cc4)c3)ccc2n1. The minimum Gasteiger partial charge on any atom is -0.378 e. The molecule has 1 amide bonds. The number of rotatable bonds is 4. The fraction of sp³-hybridized carbons (Fsp3) is 0.214. The van der Waals surface area contributed by atoms with Crippen LogP contribution in [0.4, 0.5) is 5.69 Å². The Morgan fingerprint density at radius 2 is 1.66 bits per heavy atom. The highest BCUT2D eigenvalue weighted by molar-refractivity contribution is 5.96. The number of aromatic nitrogens is 1. The molecule has 162 valence electrons. The molecule has 0 aliphatic carbocycles. The second-order valence-corrected chi connectivity index (χ2v) is 9.20. The van der Waals surface area contributed by atoms with E-state index in [0.29, 0.717) is 11.3 Å². The summed E-state index contributed by atoms with van der Waals surface area (Å²) in [5.41, 5.74) is 6.35. The van der Waals surface area contributed by atoms with E-state index in [9.17, 15) is 9.90 Å². The van der Waals surface area contributed by atoms with E-state index in [0.717, 1.165) is 27.7 Å². The van der Waals surface area contributed by atoms with Crippen molar-refractivity contribution >= 4 is 22.5 Å². The maximum atomic E-state index is 12.7. The van der Waals surface area contributed by atoms with Gasteiger partial charge in [-0.25, -0.2) is 0 Å². The lowest BCUT2D eigenvalue weighted by Gasteiger charge is -2.19. The topological polar surface area (TPSA) is 62.2 Å². The molecule has 0 aliphatic heterocycles. The molecule has 1 aromatic heterocycles. The highest BCUT2D eigenvalue weighted by Crippen LogP contribution is 2.28. The third-order valence-corrected chi connectivity index (χ3v) is 5.63. The van der Waals surface area contributed by atoms with E-state index in [4.69, 9.17) is 0 Å². The quantitative estimate of drug-likeness (QED) is 0.411. The van der Waals surface area contributed by atoms with Gasteiger partial charge in [0, 0.05) is 16.8 Å². The Bertz CT molecular complexity index is 1270. The van der Waals surface area contributed by atoms with Gasteiger partial charge in [-0.2, -0.15) is 0 Å². The fourth-order valence-electron chi connectivity index (χ4n) is 3.72. The molecule has 0 aliphatic rings. The van der Waals surface area contributed by atoms with Gasteiger partial charge in [-0.15, -0.1) is 0 Å². The molecule has 4 nitrogen and oxygen atoms in total. The molecule has 1 heterocycles. The van der Waals surface area contributed by atoms with Crippen molar-refractivity contribution in [2.75, 3.05) is 5.32 Å². The van der Waals surface area contributed by atoms with E-state index in [1.807, 2.05) is 49.4 Å². The van der Waals surface area contributed by atoms with Crippen LogP contribution in [-0.2, 0) is 10.2 Å². The van der Waals surface area contributed by atoms with E-state index in [-0.39, 0.29) is 5.41 Å². The van der Waals surface area contributed by atoms with E-state index in [2.05, 4.69) is 55.3 Å². The summed E-state index contributed by atoms with van der Waals surface area (Å²) in [5.74, 6) is -0.468. The van der Waals surface area contributed by atoms with E-state index in [1.54, 1.807) is 12.1 Å². The molecule has 4 aromatic rings. The first-order valence-electron chi connectivity index (χ1n) is 10.8. The number of benzene rings is 3. The lowest BCUT2D eigenvalue weighted by atomic mass is 9.86. The van der Waals surface area contributed by atoms with E-state index >= 15 is 0 Å². The number of carbonyl (C=O) groups excluding carboxylic acids is 1. The molecular weight excluding hydrogens is 396 g/mol. The van der Waals surface area contributed by atoms with Crippen LogP contribution in [0.1, 0.15) is 43.7 Å². The van der Waals surface area contributed by atoms with Gasteiger partial charge in [0.05, 0.1) is 5.52 Å². The molecule has 0 fully saturated rings. The third-order valence-electron chi connectivity index (χ3n) is 5.63. The number of hydrogen-bond donors (Lipinski definition) is 2. The molecule has 0 saturated heterocycles. The monoisotopic (exact) mass is 424 g/mol. The number of anilines is 1. The standard InChI is InChI=1S/C28H28N2O2/c1-18-8-9-21-17-24(14-15-25(21)29-18)30-27(32)26(31)22-7-5-6-20(16-22)19-10-12-23(13-11-19)28(2,3)4/h5-17,26,31H,1-4H3,(H,30,32). The minimum absolute atomic E-state index is 0.0896. The Kier molecular flexibility index (Phi) is 5.81. The molecule has 0 bridgehead atoms. The van der Waals surface area contributed by atoms with Crippen LogP contribution in [-0.4, -0.2) is 16.0 Å². The summed E-state index contributed by atoms with van der Waals surface area (Å²) in [4.78, 5) is 17.2. The van der Waals surface area contributed by atoms with Gasteiger partial charge in [0.25, 0.3) is 5.91 Å². The number of pyridine rings is 1. The van der Waals surface area contributed by atoms with Gasteiger partial charge in [0.1, 0.15) is 0 Å². The van der Waals surface area contributed by atoms with Gasteiger partial charge in [0.15, 0.2) is 6.10 Å². The maximum absolute atomic E-state index is 12.7. The Morgan fingerprint density at radius 3 is 2.38 bits per heavy atom. The number of fused-ring (bicyclic) bond motifs is 1. The van der Waals surface area contributed by atoms with Gasteiger partial charge < -0.3 is 10.4 Å². The first-order chi connectivity index (χ1) is 15.2. The molecule has 0 radical (unpaired) electrons. The Balaban J connectivity index is 1.52. The summed E-state index contributed by atoms with van der Waals surface area (Å²) in [5, 5.41) is 14.4. The summed E-state index contributed by atoms with van der Waals surface area (Å²) in [7, 11) is 0. The van der Waals surface area contributed by atoms with E-state index in [1.165, 1.54) is 5.56 Å². The van der Waals surface area contributed by atoms with Crippen molar-refractivity contribution in [2.45, 2.75) is 39.2 Å². The smallest absolute Gasteiger partial charge is 0.257 e. The van der Waals surface area contributed by atoms with Crippen LogP contribution >= 0.6 is 0 Å². The van der Waals surface area contributed by atoms with Gasteiger partial charge in [-0.05, 0) is 64.9 Å². The predicted molar refractivity (Wildman–Crippen MR) is 131 cm³/mol. The molecule has 2 N–H and O–H groups in total. The zero-order valence-corrected chi connectivity index (χ0v) is 18.9. The summed E-state index contributed by atoms with van der Waals surface area (Å²) in [6.45, 7) is 8.50. The lowest BCUT2D eigenvalue weighted by Crippen LogP contribution is -2.20. The Morgan fingerprint density at radius 1 is 0.906 bits per heavy atom. The number of carbonyl (C=O) groups is 1. The van der Waals surface area contributed by atoms with Crippen molar-refractivity contribution in [1.29, 1.82) is 0 Å². The van der Waals surface area contributed by atoms with Crippen molar-refractivity contribution in [1.82, 2.24) is 4.98 Å². The molecule has 4 rings (SSSR count). The number of aliphatic hydroxyl groups is 1. The first kappa shape index (κ1) is 21.7. The zero-order chi connectivity index (χ0) is 22.9. The number of aliphatic hydroxyl groups excluding tert-OH is 1. The van der Waals surface area contributed by atoms with Gasteiger partial charge in [-0.1, -0.05) is 69.3 Å². The van der Waals surface area contributed by atoms with Crippen molar-refractivity contribution < 1.29 is 9.90 Å². The highest BCUT2D eigenvalue weighted by Gasteiger charge is 2.19. The predicted octanol–water partition coefficient (Wildman–Crippen LogP) is 6.18. The average molecular weight is 425 g/mol. The number of aryl methyl sites for hydroxylation is 1. The first-order valence-corrected chi connectivity index (χ1v) is 10.8. The van der Waals surface area contributed by atoms with Crippen LogP contribution in [0.3, 0.4) is 0 Å². The number of nitrogens with one attached hydrogen (secondary N) is 1. The average Bonchev–Trinajstić information content (AvgIpc) is 2.78. The van der Waals surface area contributed by atoms with Crippen molar-refractivity contribution in [3.05, 3.63) is 95.7 Å². The number of hydrogen-bond acceptors (Lipinski definition) is 3. The number of nitrogens with zero attached hydrogens (tertiary/aromatic N) is 1. The normalized spacial score (nSPS) is 12.5. The van der Waals surface area contributed by atoms with Crippen LogP contribution in [0, 0.1) is 6.92 Å². The summed E-state index contributed by atoms with van der Waals surface area (Å²) >= 11 is 0. The summed E-state index contributed by atoms with van der Waals surface area (Å²) in [6.07, 6.45) is -1.27. The number of amides is 1. The van der Waals surface area contributed by atoms with Crippen LogP contribution in [0.5, 0.6) is 0 Å². The van der Waals surface area contributed by atoms with Crippen LogP contribution < -0.4 is 5.32 Å². The molecule has 3 aromatic carbocycles. The van der Waals surface area contributed by atoms with Gasteiger partial charge in [0.2, 0.25) is 0 Å². The Labute approximate surface area is 189 Å². The molecule has 0 spiro atoms. The largest absolute Gasteiger partial charge is 0.378 e. The van der Waals surface area contributed by atoms with Crippen LogP contribution in [0.15, 0.2) is 78.9 Å². The molecule has 4 heteroatoms. The summed E-state index contributed by atoms with van der Waals surface area (Å²) < 4.78 is 0. The molecular formula is C28H28N2O2. The van der Waals surface area contributed by atoms with Crippen molar-refractivity contribution in [3.8, 4) is 11.1 Å². The second kappa shape index (κ2) is 8.56. The molecule has 1 unspecified atom stereocenters. The van der Waals surface area contributed by atoms with Crippen LogP contribution in [0.25, 0.3) is 22.0 Å². The third kappa shape index (κ3) is 4.71. The van der Waals surface area contributed by atoms with Gasteiger partial charge >= 0.3 is 0 Å². The lowest BCUT2D eigenvalue weighted by molar-refractivity contribution is -0.124. The maximum Gasteiger partial charge on any atom is 0.257 e. The highest BCUT2D eigenvalue weighted by atomic mass is 16.3. The van der Waals surface area contributed by atoms with Crippen LogP contribution in [0.2, 0.25) is 0 Å². The van der Waals surface area contributed by atoms with Gasteiger partial charge in [-0.3, -0.25) is 9.78 Å². The summed E-state index contributed by atoms with van der Waals surface area (Å²) in [6, 6.07) is 25.3. The second-order valence-electron chi connectivity index (χ2n) is 9.20. The van der Waals surface area contributed by atoms with E-state index < -0.39 is 12.0 Å². The minimum atomic E-state index is -1.27. The van der Waals surface area contributed by atoms with Crippen molar-refractivity contribution in [2.24, 2.45) is 0 Å². The Hall–Kier alpha value is -3.50. The fourth-order valence-corrected chi connectivity index (χ4v) is 3.72.